The highest BCUT2D eigenvalue weighted by atomic mass is 35.5. The van der Waals surface area contributed by atoms with Crippen LogP contribution in [-0.2, 0) is 6.54 Å². The van der Waals surface area contributed by atoms with Gasteiger partial charge in [0.1, 0.15) is 5.69 Å². The van der Waals surface area contributed by atoms with E-state index < -0.39 is 41.3 Å². The molecule has 0 fully saturated rings. The molecule has 6 nitrogen and oxygen atoms in total. The summed E-state index contributed by atoms with van der Waals surface area (Å²) in [4.78, 5) is 12.4. The van der Waals surface area contributed by atoms with Crippen molar-refractivity contribution in [3.63, 3.8) is 0 Å². The summed E-state index contributed by atoms with van der Waals surface area (Å²) in [6, 6.07) is 9.88. The average molecular weight is 450 g/mol. The molecule has 0 saturated carbocycles. The van der Waals surface area contributed by atoms with Gasteiger partial charge in [-0.1, -0.05) is 23.7 Å². The van der Waals surface area contributed by atoms with E-state index in [1.54, 1.807) is 24.3 Å². The van der Waals surface area contributed by atoms with Gasteiger partial charge >= 0.3 is 0 Å². The van der Waals surface area contributed by atoms with Crippen molar-refractivity contribution < 1.29 is 22.4 Å². The summed E-state index contributed by atoms with van der Waals surface area (Å²) in [6.07, 6.45) is 1.30. The van der Waals surface area contributed by atoms with Crippen molar-refractivity contribution in [3.05, 3.63) is 88.2 Å². The molecule has 0 radical (unpaired) electrons. The van der Waals surface area contributed by atoms with Crippen molar-refractivity contribution in [2.24, 2.45) is 0 Å². The minimum atomic E-state index is -1.51. The Morgan fingerprint density at radius 1 is 1.03 bits per heavy atom. The van der Waals surface area contributed by atoms with Crippen LogP contribution in [0, 0.1) is 23.3 Å². The first kappa shape index (κ1) is 20.6. The number of H-pyrrole nitrogens is 1. The van der Waals surface area contributed by atoms with Crippen molar-refractivity contribution in [1.82, 2.24) is 20.0 Å². The molecule has 0 aliphatic rings. The van der Waals surface area contributed by atoms with E-state index in [2.05, 4.69) is 20.6 Å². The van der Waals surface area contributed by atoms with Crippen LogP contribution in [0.5, 0.6) is 0 Å². The van der Waals surface area contributed by atoms with Gasteiger partial charge in [0.25, 0.3) is 5.91 Å². The molecule has 2 heterocycles. The van der Waals surface area contributed by atoms with Crippen LogP contribution in [-0.4, -0.2) is 25.9 Å². The normalized spacial score (nSPS) is 11.0. The van der Waals surface area contributed by atoms with Gasteiger partial charge in [0.15, 0.2) is 29.1 Å². The predicted molar refractivity (Wildman–Crippen MR) is 105 cm³/mol. The van der Waals surface area contributed by atoms with Gasteiger partial charge in [-0.05, 0) is 18.2 Å². The highest BCUT2D eigenvalue weighted by Crippen LogP contribution is 2.22. The molecule has 1 amide bonds. The number of nitrogens with one attached hydrogen (secondary N) is 2. The molecule has 0 aliphatic heterocycles. The van der Waals surface area contributed by atoms with Gasteiger partial charge in [-0.25, -0.2) is 17.6 Å². The molecule has 0 unspecified atom stereocenters. The van der Waals surface area contributed by atoms with E-state index >= 15 is 0 Å². The number of aromatic amines is 1. The topological polar surface area (TPSA) is 75.6 Å². The zero-order chi connectivity index (χ0) is 22.1. The molecule has 31 heavy (non-hydrogen) atoms. The summed E-state index contributed by atoms with van der Waals surface area (Å²) in [6.45, 7) is -0.576. The molecule has 2 aromatic carbocycles. The number of aromatic nitrogens is 4. The largest absolute Gasteiger partial charge is 0.304 e. The number of amides is 1. The highest BCUT2D eigenvalue weighted by Gasteiger charge is 2.20. The minimum absolute atomic E-state index is 0.0605. The van der Waals surface area contributed by atoms with Gasteiger partial charge in [0.2, 0.25) is 0 Å². The second kappa shape index (κ2) is 8.23. The third-order valence-electron chi connectivity index (χ3n) is 4.37. The molecule has 0 aliphatic carbocycles. The lowest BCUT2D eigenvalue weighted by Gasteiger charge is -2.07. The number of anilines is 1. The average Bonchev–Trinajstić information content (AvgIpc) is 3.40. The summed E-state index contributed by atoms with van der Waals surface area (Å²) in [7, 11) is 0. The fourth-order valence-electron chi connectivity index (χ4n) is 2.83. The van der Waals surface area contributed by atoms with Crippen LogP contribution >= 0.6 is 11.6 Å². The zero-order valence-corrected chi connectivity index (χ0v) is 16.2. The van der Waals surface area contributed by atoms with E-state index in [-0.39, 0.29) is 17.6 Å². The predicted octanol–water partition coefficient (Wildman–Crippen LogP) is 4.78. The smallest absolute Gasteiger partial charge is 0.274 e. The van der Waals surface area contributed by atoms with E-state index in [1.807, 2.05) is 0 Å². The Morgan fingerprint density at radius 2 is 1.71 bits per heavy atom. The maximum absolute atomic E-state index is 13.8. The first-order valence-corrected chi connectivity index (χ1v) is 9.17. The molecule has 0 bridgehead atoms. The quantitative estimate of drug-likeness (QED) is 0.340. The van der Waals surface area contributed by atoms with Gasteiger partial charge in [-0.15, -0.1) is 0 Å². The van der Waals surface area contributed by atoms with Crippen molar-refractivity contribution in [3.8, 4) is 11.3 Å². The Labute approximate surface area is 177 Å². The minimum Gasteiger partial charge on any atom is -0.304 e. The van der Waals surface area contributed by atoms with E-state index in [0.29, 0.717) is 10.7 Å². The number of hydrogen-bond donors (Lipinski definition) is 2. The molecule has 0 atom stereocenters. The van der Waals surface area contributed by atoms with Crippen molar-refractivity contribution in [2.45, 2.75) is 6.54 Å². The molecule has 0 saturated heterocycles. The molecule has 4 rings (SSSR count). The standard InChI is InChI=1S/C20H12ClF4N5O/c21-11-3-1-10(2-4-11)15-8-16(28-27-15)20(31)26-17-5-6-30(29-17)9-12-18(24)13(22)7-14(23)19(12)25/h1-8H,9H2,(H,27,28)(H,26,29,31). The van der Waals surface area contributed by atoms with Crippen molar-refractivity contribution in [2.75, 3.05) is 5.32 Å². The van der Waals surface area contributed by atoms with E-state index in [4.69, 9.17) is 11.6 Å². The van der Waals surface area contributed by atoms with Crippen LogP contribution < -0.4 is 5.32 Å². The first-order chi connectivity index (χ1) is 14.8. The van der Waals surface area contributed by atoms with Crippen molar-refractivity contribution in [1.29, 1.82) is 0 Å². The fourth-order valence-corrected chi connectivity index (χ4v) is 2.96. The van der Waals surface area contributed by atoms with Gasteiger partial charge in [-0.3, -0.25) is 14.6 Å². The van der Waals surface area contributed by atoms with Crippen molar-refractivity contribution >= 4 is 23.3 Å². The van der Waals surface area contributed by atoms with Crippen LogP contribution in [0.1, 0.15) is 16.1 Å². The highest BCUT2D eigenvalue weighted by molar-refractivity contribution is 6.30. The summed E-state index contributed by atoms with van der Waals surface area (Å²) >= 11 is 5.85. The van der Waals surface area contributed by atoms with Crippen LogP contribution in [0.25, 0.3) is 11.3 Å². The number of rotatable bonds is 5. The molecule has 11 heteroatoms. The lowest BCUT2D eigenvalue weighted by atomic mass is 10.1. The van der Waals surface area contributed by atoms with E-state index in [0.717, 1.165) is 10.2 Å². The molecule has 2 N–H and O–H groups in total. The van der Waals surface area contributed by atoms with Crippen LogP contribution in [0.4, 0.5) is 23.4 Å². The summed E-state index contributed by atoms with van der Waals surface area (Å²) in [5, 5.41) is 13.7. The molecular formula is C20H12ClF4N5O. The zero-order valence-electron chi connectivity index (χ0n) is 15.5. The maximum Gasteiger partial charge on any atom is 0.274 e. The van der Waals surface area contributed by atoms with E-state index in [9.17, 15) is 22.4 Å². The first-order valence-electron chi connectivity index (χ1n) is 8.80. The number of halogens is 5. The summed E-state index contributed by atoms with van der Waals surface area (Å²) in [5.41, 5.74) is 0.588. The Morgan fingerprint density at radius 3 is 2.39 bits per heavy atom. The Balaban J connectivity index is 1.47. The van der Waals surface area contributed by atoms with Crippen LogP contribution in [0.3, 0.4) is 0 Å². The molecule has 4 aromatic rings. The lowest BCUT2D eigenvalue weighted by molar-refractivity contribution is 0.102. The number of hydrogen-bond acceptors (Lipinski definition) is 3. The monoisotopic (exact) mass is 449 g/mol. The number of benzene rings is 2. The van der Waals surface area contributed by atoms with E-state index in [1.165, 1.54) is 18.3 Å². The molecular weight excluding hydrogens is 438 g/mol. The summed E-state index contributed by atoms with van der Waals surface area (Å²) < 4.78 is 55.4. The molecule has 158 valence electrons. The van der Waals surface area contributed by atoms with Gasteiger partial charge in [-0.2, -0.15) is 10.2 Å². The second-order valence-electron chi connectivity index (χ2n) is 6.47. The lowest BCUT2D eigenvalue weighted by Crippen LogP contribution is -2.14. The van der Waals surface area contributed by atoms with Crippen LogP contribution in [0.15, 0.2) is 48.7 Å². The van der Waals surface area contributed by atoms with Crippen LogP contribution in [0.2, 0.25) is 5.02 Å². The Hall–Kier alpha value is -3.66. The van der Waals surface area contributed by atoms with Gasteiger partial charge in [0, 0.05) is 28.9 Å². The Kier molecular flexibility index (Phi) is 5.47. The number of nitrogens with zero attached hydrogens (tertiary/aromatic N) is 3. The number of carbonyl (C=O) groups excluding carboxylic acids is 1. The Bertz CT molecular complexity index is 1240. The second-order valence-corrected chi connectivity index (χ2v) is 6.91. The third kappa shape index (κ3) is 4.29. The van der Waals surface area contributed by atoms with Gasteiger partial charge < -0.3 is 5.32 Å². The third-order valence-corrected chi connectivity index (χ3v) is 4.62. The van der Waals surface area contributed by atoms with Gasteiger partial charge in [0.05, 0.1) is 17.8 Å². The summed E-state index contributed by atoms with van der Waals surface area (Å²) in [5.74, 6) is -6.53. The fraction of sp³-hybridized carbons (Fsp3) is 0.0500. The maximum atomic E-state index is 13.8. The molecule has 0 spiro atoms. The SMILES string of the molecule is O=C(Nc1ccn(Cc2c(F)c(F)cc(F)c2F)n1)c1cc(-c2ccc(Cl)cc2)n[nH]1. The molecule has 2 aromatic heterocycles. The number of carbonyl (C=O) groups is 1.